The maximum Gasteiger partial charge on any atom is 0.309 e. The van der Waals surface area contributed by atoms with Gasteiger partial charge in [0.1, 0.15) is 0 Å². The molecule has 0 radical (unpaired) electrons. The van der Waals surface area contributed by atoms with Crippen molar-refractivity contribution < 1.29 is 14.3 Å². The average Bonchev–Trinajstić information content (AvgIpc) is 2.21. The van der Waals surface area contributed by atoms with E-state index in [-0.39, 0.29) is 23.8 Å². The number of ether oxygens (including phenoxy) is 1. The van der Waals surface area contributed by atoms with Gasteiger partial charge in [-0.1, -0.05) is 6.92 Å². The molecule has 0 rings (SSSR count). The summed E-state index contributed by atoms with van der Waals surface area (Å²) in [5.74, 6) is -0.723. The molecule has 1 amide bonds. The van der Waals surface area contributed by atoms with Crippen LogP contribution in [-0.2, 0) is 14.3 Å². The first-order chi connectivity index (χ1) is 6.99. The summed E-state index contributed by atoms with van der Waals surface area (Å²) in [5.41, 5.74) is 5.00. The summed E-state index contributed by atoms with van der Waals surface area (Å²) in [7, 11) is 1.37. The molecule has 0 spiro atoms. The number of nitrogens with two attached hydrogens (primary N) is 1. The van der Waals surface area contributed by atoms with Crippen molar-refractivity contribution in [3.05, 3.63) is 0 Å². The first kappa shape index (κ1) is 13.9. The highest BCUT2D eigenvalue weighted by Gasteiger charge is 2.19. The van der Waals surface area contributed by atoms with E-state index < -0.39 is 0 Å². The minimum absolute atomic E-state index is 0.0327. The van der Waals surface area contributed by atoms with Crippen LogP contribution in [0.5, 0.6) is 0 Å². The summed E-state index contributed by atoms with van der Waals surface area (Å²) in [6.07, 6.45) is 1.06. The molecule has 0 aliphatic rings. The van der Waals surface area contributed by atoms with Gasteiger partial charge in [-0.05, 0) is 19.9 Å². The van der Waals surface area contributed by atoms with Crippen molar-refractivity contribution in [3.8, 4) is 0 Å². The third-order valence-electron chi connectivity index (χ3n) is 2.39. The average molecular weight is 216 g/mol. The number of hydrogen-bond acceptors (Lipinski definition) is 4. The molecule has 0 bridgehead atoms. The van der Waals surface area contributed by atoms with Crippen LogP contribution in [0.1, 0.15) is 26.7 Å². The van der Waals surface area contributed by atoms with Crippen molar-refractivity contribution in [2.24, 2.45) is 11.7 Å². The van der Waals surface area contributed by atoms with Gasteiger partial charge in [-0.25, -0.2) is 0 Å². The number of rotatable bonds is 7. The van der Waals surface area contributed by atoms with Crippen LogP contribution in [0.4, 0.5) is 0 Å². The van der Waals surface area contributed by atoms with E-state index in [0.717, 1.165) is 0 Å². The van der Waals surface area contributed by atoms with Gasteiger partial charge in [0, 0.05) is 12.5 Å². The van der Waals surface area contributed by atoms with Gasteiger partial charge in [-0.2, -0.15) is 0 Å². The zero-order chi connectivity index (χ0) is 11.8. The summed E-state index contributed by atoms with van der Waals surface area (Å²) in [5, 5.41) is 3.14. The topological polar surface area (TPSA) is 81.4 Å². The van der Waals surface area contributed by atoms with Crippen LogP contribution in [0.15, 0.2) is 0 Å². The smallest absolute Gasteiger partial charge is 0.309 e. The molecule has 5 heteroatoms. The van der Waals surface area contributed by atoms with E-state index in [1.54, 1.807) is 6.92 Å². The van der Waals surface area contributed by atoms with Crippen molar-refractivity contribution in [2.75, 3.05) is 13.7 Å². The number of methoxy groups -OCH3 is 1. The van der Waals surface area contributed by atoms with Crippen molar-refractivity contribution >= 4 is 11.9 Å². The summed E-state index contributed by atoms with van der Waals surface area (Å²) in [4.78, 5) is 21.6. The molecule has 2 unspecified atom stereocenters. The number of carbonyl (C=O) groups is 2. The van der Waals surface area contributed by atoms with Crippen LogP contribution in [-0.4, -0.2) is 31.6 Å². The highest BCUT2D eigenvalue weighted by Crippen LogP contribution is 2.04. The molecule has 88 valence electrons. The molecule has 0 aromatic rings. The molecular formula is C10H20N2O3. The first-order valence-corrected chi connectivity index (χ1v) is 5.08. The number of primary amides is 1. The molecule has 5 nitrogen and oxygen atoms in total. The zero-order valence-electron chi connectivity index (χ0n) is 9.58. The Hall–Kier alpha value is -1.10. The molecule has 15 heavy (non-hydrogen) atoms. The van der Waals surface area contributed by atoms with Gasteiger partial charge < -0.3 is 15.8 Å². The second kappa shape index (κ2) is 7.23. The Labute approximate surface area is 90.4 Å². The Morgan fingerprint density at radius 3 is 2.47 bits per heavy atom. The fourth-order valence-corrected chi connectivity index (χ4v) is 1.16. The molecule has 0 heterocycles. The number of nitrogens with one attached hydrogen (secondary N) is 1. The minimum atomic E-state index is -0.300. The van der Waals surface area contributed by atoms with Crippen LogP contribution < -0.4 is 11.1 Å². The van der Waals surface area contributed by atoms with Crippen LogP contribution in [0.25, 0.3) is 0 Å². The number of esters is 1. The van der Waals surface area contributed by atoms with E-state index in [0.29, 0.717) is 19.4 Å². The van der Waals surface area contributed by atoms with Gasteiger partial charge in [0.05, 0.1) is 13.0 Å². The summed E-state index contributed by atoms with van der Waals surface area (Å²) in [6, 6.07) is 0.0327. The SMILES string of the molecule is COC(=O)C(C)C(C)NCCCC(N)=O. The zero-order valence-corrected chi connectivity index (χ0v) is 9.58. The lowest BCUT2D eigenvalue weighted by molar-refractivity contribution is -0.145. The van der Waals surface area contributed by atoms with Crippen molar-refractivity contribution in [3.63, 3.8) is 0 Å². The molecule has 0 aliphatic heterocycles. The molecule has 0 saturated carbocycles. The van der Waals surface area contributed by atoms with Gasteiger partial charge in [0.2, 0.25) is 5.91 Å². The highest BCUT2D eigenvalue weighted by atomic mass is 16.5. The van der Waals surface area contributed by atoms with Gasteiger partial charge in [-0.15, -0.1) is 0 Å². The normalized spacial score (nSPS) is 14.3. The van der Waals surface area contributed by atoms with Gasteiger partial charge in [0.25, 0.3) is 0 Å². The predicted molar refractivity (Wildman–Crippen MR) is 57.1 cm³/mol. The van der Waals surface area contributed by atoms with Crippen LogP contribution in [0.3, 0.4) is 0 Å². The Morgan fingerprint density at radius 1 is 1.40 bits per heavy atom. The molecule has 0 saturated heterocycles. The van der Waals surface area contributed by atoms with Gasteiger partial charge in [-0.3, -0.25) is 9.59 Å². The van der Waals surface area contributed by atoms with E-state index in [1.165, 1.54) is 7.11 Å². The molecule has 0 aliphatic carbocycles. The second-order valence-electron chi connectivity index (χ2n) is 3.62. The standard InChI is InChI=1S/C10H20N2O3/c1-7(10(14)15-3)8(2)12-6-4-5-9(11)13/h7-8,12H,4-6H2,1-3H3,(H2,11,13). The van der Waals surface area contributed by atoms with Gasteiger partial charge in [0.15, 0.2) is 0 Å². The molecule has 0 fully saturated rings. The van der Waals surface area contributed by atoms with E-state index >= 15 is 0 Å². The highest BCUT2D eigenvalue weighted by molar-refractivity contribution is 5.73. The van der Waals surface area contributed by atoms with Crippen molar-refractivity contribution in [1.82, 2.24) is 5.32 Å². The Balaban J connectivity index is 3.68. The molecule has 0 aromatic carbocycles. The molecule has 0 aromatic heterocycles. The predicted octanol–water partition coefficient (Wildman–Crippen LogP) is 0.0391. The summed E-state index contributed by atoms with van der Waals surface area (Å²) in [6.45, 7) is 4.38. The number of amides is 1. The van der Waals surface area contributed by atoms with E-state index in [1.807, 2.05) is 6.92 Å². The summed E-state index contributed by atoms with van der Waals surface area (Å²) >= 11 is 0. The Kier molecular flexibility index (Phi) is 6.70. The Bertz CT molecular complexity index is 219. The second-order valence-corrected chi connectivity index (χ2v) is 3.62. The van der Waals surface area contributed by atoms with Crippen LogP contribution >= 0.6 is 0 Å². The van der Waals surface area contributed by atoms with Gasteiger partial charge >= 0.3 is 5.97 Å². The lowest BCUT2D eigenvalue weighted by Crippen LogP contribution is -2.37. The third kappa shape index (κ3) is 6.06. The lowest BCUT2D eigenvalue weighted by Gasteiger charge is -2.18. The third-order valence-corrected chi connectivity index (χ3v) is 2.39. The van der Waals surface area contributed by atoms with Crippen molar-refractivity contribution in [1.29, 1.82) is 0 Å². The van der Waals surface area contributed by atoms with E-state index in [4.69, 9.17) is 5.73 Å². The van der Waals surface area contributed by atoms with Crippen LogP contribution in [0, 0.1) is 5.92 Å². The molecule has 2 atom stereocenters. The molecular weight excluding hydrogens is 196 g/mol. The number of carbonyl (C=O) groups excluding carboxylic acids is 2. The minimum Gasteiger partial charge on any atom is -0.469 e. The first-order valence-electron chi connectivity index (χ1n) is 5.08. The fourth-order valence-electron chi connectivity index (χ4n) is 1.16. The Morgan fingerprint density at radius 2 is 2.00 bits per heavy atom. The lowest BCUT2D eigenvalue weighted by atomic mass is 10.0. The van der Waals surface area contributed by atoms with E-state index in [2.05, 4.69) is 10.1 Å². The number of hydrogen-bond donors (Lipinski definition) is 2. The van der Waals surface area contributed by atoms with E-state index in [9.17, 15) is 9.59 Å². The largest absolute Gasteiger partial charge is 0.469 e. The van der Waals surface area contributed by atoms with Crippen molar-refractivity contribution in [2.45, 2.75) is 32.7 Å². The van der Waals surface area contributed by atoms with Crippen LogP contribution in [0.2, 0.25) is 0 Å². The monoisotopic (exact) mass is 216 g/mol. The maximum absolute atomic E-state index is 11.2. The quantitative estimate of drug-likeness (QED) is 0.465. The summed E-state index contributed by atoms with van der Waals surface area (Å²) < 4.78 is 4.62. The molecule has 3 N–H and O–H groups in total. The maximum atomic E-state index is 11.2. The fraction of sp³-hybridized carbons (Fsp3) is 0.800.